The summed E-state index contributed by atoms with van der Waals surface area (Å²) in [5, 5.41) is 2.46. The van der Waals surface area contributed by atoms with Gasteiger partial charge in [-0.05, 0) is 19.1 Å². The molecule has 2 heterocycles. The second-order valence-corrected chi connectivity index (χ2v) is 6.35. The first kappa shape index (κ1) is 16.4. The van der Waals surface area contributed by atoms with Crippen LogP contribution in [0.1, 0.15) is 14.5 Å². The van der Waals surface area contributed by atoms with Crippen molar-refractivity contribution >= 4 is 29.1 Å². The highest BCUT2D eigenvalue weighted by atomic mass is 32.1. The molecule has 3 amide bonds. The van der Waals surface area contributed by atoms with Crippen LogP contribution in [0.3, 0.4) is 0 Å². The van der Waals surface area contributed by atoms with E-state index in [0.717, 1.165) is 9.75 Å². The van der Waals surface area contributed by atoms with E-state index in [1.165, 1.54) is 11.3 Å². The summed E-state index contributed by atoms with van der Waals surface area (Å²) in [4.78, 5) is 40.5. The Hall–Kier alpha value is -1.93. The minimum absolute atomic E-state index is 0.0154. The van der Waals surface area contributed by atoms with Gasteiger partial charge in [0.2, 0.25) is 11.8 Å². The summed E-state index contributed by atoms with van der Waals surface area (Å²) in [7, 11) is 0. The Morgan fingerprint density at radius 1 is 1.18 bits per heavy atom. The third-order valence-electron chi connectivity index (χ3n) is 3.49. The average molecular weight is 324 g/mol. The molecule has 0 aromatic carbocycles. The maximum Gasteiger partial charge on any atom is 0.264 e. The first-order valence-corrected chi connectivity index (χ1v) is 7.93. The number of nitrogens with one attached hydrogen (secondary N) is 1. The van der Waals surface area contributed by atoms with Crippen LogP contribution in [0.5, 0.6) is 0 Å². The van der Waals surface area contributed by atoms with Crippen LogP contribution in [0.15, 0.2) is 12.1 Å². The van der Waals surface area contributed by atoms with Crippen LogP contribution in [-0.4, -0.2) is 66.8 Å². The molecule has 0 atom stereocenters. The largest absolute Gasteiger partial charge is 0.346 e. The van der Waals surface area contributed by atoms with E-state index in [2.05, 4.69) is 5.32 Å². The van der Waals surface area contributed by atoms with E-state index >= 15 is 0 Å². The van der Waals surface area contributed by atoms with Crippen molar-refractivity contribution in [3.63, 3.8) is 0 Å². The van der Waals surface area contributed by atoms with Gasteiger partial charge in [-0.25, -0.2) is 0 Å². The number of carbonyl (C=O) groups excluding carboxylic acids is 3. The Balaban J connectivity index is 1.81. The summed E-state index contributed by atoms with van der Waals surface area (Å²) < 4.78 is 0. The minimum atomic E-state index is -0.352. The van der Waals surface area contributed by atoms with Crippen LogP contribution < -0.4 is 11.1 Å². The van der Waals surface area contributed by atoms with E-state index in [1.54, 1.807) is 9.80 Å². The van der Waals surface area contributed by atoms with Crippen LogP contribution in [0, 0.1) is 6.92 Å². The van der Waals surface area contributed by atoms with Crippen molar-refractivity contribution in [2.75, 3.05) is 39.3 Å². The Bertz CT molecular complexity index is 564. The molecule has 0 bridgehead atoms. The quantitative estimate of drug-likeness (QED) is 0.774. The lowest BCUT2D eigenvalue weighted by Crippen LogP contribution is -2.52. The number of hydrogen-bond acceptors (Lipinski definition) is 5. The third-order valence-corrected chi connectivity index (χ3v) is 4.48. The van der Waals surface area contributed by atoms with Gasteiger partial charge in [0, 0.05) is 31.1 Å². The number of thiophene rings is 1. The topological polar surface area (TPSA) is 95.7 Å². The number of amides is 3. The molecule has 0 aliphatic carbocycles. The Morgan fingerprint density at radius 3 is 2.36 bits per heavy atom. The summed E-state index contributed by atoms with van der Waals surface area (Å²) in [5.41, 5.74) is 5.17. The molecule has 3 N–H and O–H groups in total. The number of aryl methyl sites for hydroxylation is 1. The van der Waals surface area contributed by atoms with Gasteiger partial charge in [-0.15, -0.1) is 11.3 Å². The molecule has 0 unspecified atom stereocenters. The smallest absolute Gasteiger partial charge is 0.264 e. The first-order valence-electron chi connectivity index (χ1n) is 7.11. The molecule has 8 heteroatoms. The van der Waals surface area contributed by atoms with E-state index in [0.29, 0.717) is 26.2 Å². The fourth-order valence-electron chi connectivity index (χ4n) is 2.22. The molecule has 1 saturated heterocycles. The Morgan fingerprint density at radius 2 is 1.82 bits per heavy atom. The SMILES string of the molecule is Cc1ccc(C(=O)N2CCN(C(=O)CNC(=O)CN)CC2)s1. The molecule has 1 fully saturated rings. The molecule has 0 radical (unpaired) electrons. The van der Waals surface area contributed by atoms with Gasteiger partial charge >= 0.3 is 0 Å². The van der Waals surface area contributed by atoms with Gasteiger partial charge in [0.1, 0.15) is 0 Å². The number of rotatable bonds is 4. The maximum atomic E-state index is 12.3. The lowest BCUT2D eigenvalue weighted by Gasteiger charge is -2.34. The van der Waals surface area contributed by atoms with E-state index in [-0.39, 0.29) is 30.8 Å². The van der Waals surface area contributed by atoms with Crippen molar-refractivity contribution in [2.45, 2.75) is 6.92 Å². The molecule has 1 aromatic rings. The van der Waals surface area contributed by atoms with Gasteiger partial charge in [0.25, 0.3) is 5.91 Å². The highest BCUT2D eigenvalue weighted by Gasteiger charge is 2.25. The first-order chi connectivity index (χ1) is 10.5. The predicted octanol–water partition coefficient (Wildman–Crippen LogP) is -0.584. The zero-order valence-corrected chi connectivity index (χ0v) is 13.3. The molecule has 22 heavy (non-hydrogen) atoms. The van der Waals surface area contributed by atoms with Gasteiger partial charge in [-0.2, -0.15) is 0 Å². The number of nitrogens with zero attached hydrogens (tertiary/aromatic N) is 2. The fourth-order valence-corrected chi connectivity index (χ4v) is 3.06. The van der Waals surface area contributed by atoms with Crippen molar-refractivity contribution in [3.8, 4) is 0 Å². The average Bonchev–Trinajstić information content (AvgIpc) is 2.98. The van der Waals surface area contributed by atoms with E-state index in [9.17, 15) is 14.4 Å². The van der Waals surface area contributed by atoms with Crippen LogP contribution in [-0.2, 0) is 9.59 Å². The highest BCUT2D eigenvalue weighted by molar-refractivity contribution is 7.13. The van der Waals surface area contributed by atoms with Gasteiger partial charge in [0.05, 0.1) is 18.0 Å². The summed E-state index contributed by atoms with van der Waals surface area (Å²) >= 11 is 1.48. The molecular weight excluding hydrogens is 304 g/mol. The minimum Gasteiger partial charge on any atom is -0.346 e. The molecule has 7 nitrogen and oxygen atoms in total. The zero-order chi connectivity index (χ0) is 16.1. The van der Waals surface area contributed by atoms with E-state index in [4.69, 9.17) is 5.73 Å². The fraction of sp³-hybridized carbons (Fsp3) is 0.500. The number of carbonyl (C=O) groups is 3. The maximum absolute atomic E-state index is 12.3. The third kappa shape index (κ3) is 4.05. The van der Waals surface area contributed by atoms with Crippen molar-refractivity contribution in [1.29, 1.82) is 0 Å². The van der Waals surface area contributed by atoms with Gasteiger partial charge in [-0.3, -0.25) is 14.4 Å². The highest BCUT2D eigenvalue weighted by Crippen LogP contribution is 2.18. The summed E-state index contributed by atoms with van der Waals surface area (Å²) in [6.07, 6.45) is 0. The lowest BCUT2D eigenvalue weighted by atomic mass is 10.3. The monoisotopic (exact) mass is 324 g/mol. The molecule has 2 rings (SSSR count). The van der Waals surface area contributed by atoms with Gasteiger partial charge in [-0.1, -0.05) is 0 Å². The van der Waals surface area contributed by atoms with Crippen LogP contribution in [0.25, 0.3) is 0 Å². The van der Waals surface area contributed by atoms with E-state index < -0.39 is 0 Å². The van der Waals surface area contributed by atoms with Crippen molar-refractivity contribution < 1.29 is 14.4 Å². The van der Waals surface area contributed by atoms with Gasteiger partial charge in [0.15, 0.2) is 0 Å². The van der Waals surface area contributed by atoms with Gasteiger partial charge < -0.3 is 20.9 Å². The Labute approximate surface area is 133 Å². The molecule has 0 spiro atoms. The molecule has 0 saturated carbocycles. The second kappa shape index (κ2) is 7.37. The molecular formula is C14H20N4O3S. The van der Waals surface area contributed by atoms with Crippen LogP contribution in [0.2, 0.25) is 0 Å². The molecule has 1 aliphatic rings. The zero-order valence-electron chi connectivity index (χ0n) is 12.5. The lowest BCUT2D eigenvalue weighted by molar-refractivity contribution is -0.133. The number of piperazine rings is 1. The standard InChI is InChI=1S/C14H20N4O3S/c1-10-2-3-11(22-10)14(21)18-6-4-17(5-7-18)13(20)9-16-12(19)8-15/h2-3H,4-9,15H2,1H3,(H,16,19). The summed E-state index contributed by atoms with van der Waals surface area (Å²) in [6.45, 7) is 3.76. The second-order valence-electron chi connectivity index (χ2n) is 5.06. The van der Waals surface area contributed by atoms with Crippen LogP contribution in [0.4, 0.5) is 0 Å². The van der Waals surface area contributed by atoms with Crippen molar-refractivity contribution in [1.82, 2.24) is 15.1 Å². The van der Waals surface area contributed by atoms with E-state index in [1.807, 2.05) is 19.1 Å². The Kier molecular flexibility index (Phi) is 5.51. The normalized spacial score (nSPS) is 14.8. The van der Waals surface area contributed by atoms with Crippen LogP contribution >= 0.6 is 11.3 Å². The molecule has 120 valence electrons. The molecule has 1 aliphatic heterocycles. The number of hydrogen-bond donors (Lipinski definition) is 2. The predicted molar refractivity (Wildman–Crippen MR) is 83.6 cm³/mol. The summed E-state index contributed by atoms with van der Waals surface area (Å²) in [6, 6.07) is 3.76. The number of nitrogens with two attached hydrogens (primary N) is 1. The van der Waals surface area contributed by atoms with Crippen molar-refractivity contribution in [3.05, 3.63) is 21.9 Å². The summed E-state index contributed by atoms with van der Waals surface area (Å²) in [5.74, 6) is -0.488. The van der Waals surface area contributed by atoms with Crippen molar-refractivity contribution in [2.24, 2.45) is 5.73 Å². The molecule has 1 aromatic heterocycles.